The van der Waals surface area contributed by atoms with E-state index >= 15 is 0 Å². The minimum atomic E-state index is -0.285. The van der Waals surface area contributed by atoms with Crippen LogP contribution in [0.1, 0.15) is 47.8 Å². The number of hydrogen-bond donors (Lipinski definition) is 2. The van der Waals surface area contributed by atoms with Gasteiger partial charge in [0.2, 0.25) is 5.62 Å². The highest BCUT2D eigenvalue weighted by molar-refractivity contribution is 8.93. The van der Waals surface area contributed by atoms with E-state index in [0.717, 1.165) is 27.7 Å². The first-order valence-corrected chi connectivity index (χ1v) is 10.8. The Labute approximate surface area is 204 Å². The van der Waals surface area contributed by atoms with E-state index in [1.807, 2.05) is 86.9 Å². The van der Waals surface area contributed by atoms with E-state index in [9.17, 15) is 9.90 Å². The molecule has 0 aliphatic heterocycles. The van der Waals surface area contributed by atoms with E-state index < -0.39 is 0 Å². The van der Waals surface area contributed by atoms with Crippen molar-refractivity contribution in [2.45, 2.75) is 46.2 Å². The highest BCUT2D eigenvalue weighted by Gasteiger charge is 2.23. The van der Waals surface area contributed by atoms with Crippen LogP contribution in [0.3, 0.4) is 0 Å². The maximum Gasteiger partial charge on any atom is 0.203 e. The maximum absolute atomic E-state index is 13.4. The first-order valence-electron chi connectivity index (χ1n) is 10.8. The number of rotatable bonds is 5. The molecule has 172 valence electrons. The molecule has 0 fully saturated rings. The lowest BCUT2D eigenvalue weighted by Gasteiger charge is -2.22. The molecule has 0 spiro atoms. The molecule has 1 aromatic heterocycles. The van der Waals surface area contributed by atoms with Crippen LogP contribution >= 0.6 is 17.0 Å². The van der Waals surface area contributed by atoms with Crippen molar-refractivity contribution in [3.8, 4) is 5.75 Å². The molecule has 6 heteroatoms. The Bertz CT molecular complexity index is 1360. The summed E-state index contributed by atoms with van der Waals surface area (Å²) in [5.74, 6) is 0.133. The van der Waals surface area contributed by atoms with E-state index in [4.69, 9.17) is 5.41 Å². The Morgan fingerprint density at radius 1 is 0.939 bits per heavy atom. The van der Waals surface area contributed by atoms with Crippen molar-refractivity contribution >= 4 is 33.8 Å². The van der Waals surface area contributed by atoms with Gasteiger partial charge in [-0.1, -0.05) is 63.2 Å². The fourth-order valence-electron chi connectivity index (χ4n) is 4.20. The molecule has 0 saturated heterocycles. The van der Waals surface area contributed by atoms with Crippen LogP contribution in [-0.4, -0.2) is 20.0 Å². The van der Waals surface area contributed by atoms with E-state index in [1.54, 1.807) is 16.7 Å². The van der Waals surface area contributed by atoms with Gasteiger partial charge in [-0.15, -0.1) is 17.0 Å². The molecule has 2 N–H and O–H groups in total. The van der Waals surface area contributed by atoms with Gasteiger partial charge in [0.25, 0.3) is 0 Å². The van der Waals surface area contributed by atoms with Gasteiger partial charge in [-0.2, -0.15) is 0 Å². The monoisotopic (exact) mass is 507 g/mol. The van der Waals surface area contributed by atoms with E-state index in [-0.39, 0.29) is 46.1 Å². The number of Topliss-reactive ketones (excluding diaryl/α,β-unsaturated/α-hetero) is 1. The number of nitrogens with one attached hydrogen (secondary N) is 1. The number of aryl methyl sites for hydroxylation is 1. The lowest BCUT2D eigenvalue weighted by Crippen LogP contribution is -2.28. The predicted octanol–water partition coefficient (Wildman–Crippen LogP) is 5.74. The van der Waals surface area contributed by atoms with Gasteiger partial charge in [-0.05, 0) is 53.3 Å². The molecule has 5 nitrogen and oxygen atoms in total. The molecule has 0 aliphatic carbocycles. The number of hydrogen-bond acceptors (Lipinski definition) is 3. The summed E-state index contributed by atoms with van der Waals surface area (Å²) in [5.41, 5.74) is 4.95. The summed E-state index contributed by atoms with van der Waals surface area (Å²) in [6, 6.07) is 21.3. The largest absolute Gasteiger partial charge is 0.508 e. The first-order chi connectivity index (χ1) is 15.2. The molecule has 3 aromatic carbocycles. The lowest BCUT2D eigenvalue weighted by molar-refractivity contribution is 0.0970. The fraction of sp³-hybridized carbons (Fsp3) is 0.259. The minimum absolute atomic E-state index is 0. The Morgan fingerprint density at radius 2 is 1.52 bits per heavy atom. The van der Waals surface area contributed by atoms with Gasteiger partial charge in [0.1, 0.15) is 5.75 Å². The van der Waals surface area contributed by atoms with Crippen LogP contribution in [-0.2, 0) is 18.5 Å². The molecular formula is C27H30BrN3O2. The van der Waals surface area contributed by atoms with Crippen LogP contribution < -0.4 is 5.62 Å². The summed E-state index contributed by atoms with van der Waals surface area (Å²) in [7, 11) is 0. The van der Waals surface area contributed by atoms with Gasteiger partial charge in [0.15, 0.2) is 5.78 Å². The highest BCUT2D eigenvalue weighted by atomic mass is 79.9. The minimum Gasteiger partial charge on any atom is -0.508 e. The summed E-state index contributed by atoms with van der Waals surface area (Å²) >= 11 is 0. The SMILES string of the molecule is Br.Cc1cc(O)c(C(C)(C)C)cc1C(=O)Cn1c(=N)n(Cc2ccccc2)c2ccccc21. The number of imidazole rings is 1. The highest BCUT2D eigenvalue weighted by Crippen LogP contribution is 2.33. The molecule has 4 rings (SSSR count). The summed E-state index contributed by atoms with van der Waals surface area (Å²) in [6.45, 7) is 8.51. The van der Waals surface area contributed by atoms with Crippen LogP contribution in [0.4, 0.5) is 0 Å². The number of nitrogens with zero attached hydrogens (tertiary/aromatic N) is 2. The van der Waals surface area contributed by atoms with Crippen LogP contribution in [0.5, 0.6) is 5.75 Å². The number of phenolic OH excluding ortho intramolecular Hbond substituents is 1. The van der Waals surface area contributed by atoms with Crippen LogP contribution in [0.25, 0.3) is 11.0 Å². The van der Waals surface area contributed by atoms with Gasteiger partial charge in [-0.25, -0.2) is 0 Å². The van der Waals surface area contributed by atoms with Crippen LogP contribution in [0, 0.1) is 12.3 Å². The van der Waals surface area contributed by atoms with Gasteiger partial charge in [0, 0.05) is 5.56 Å². The maximum atomic E-state index is 13.4. The molecule has 33 heavy (non-hydrogen) atoms. The summed E-state index contributed by atoms with van der Waals surface area (Å²) in [6.07, 6.45) is 0. The fourth-order valence-corrected chi connectivity index (χ4v) is 4.20. The van der Waals surface area contributed by atoms with Crippen molar-refractivity contribution < 1.29 is 9.90 Å². The molecule has 4 aromatic rings. The van der Waals surface area contributed by atoms with Crippen LogP contribution in [0.15, 0.2) is 66.7 Å². The van der Waals surface area contributed by atoms with Gasteiger partial charge >= 0.3 is 0 Å². The number of aromatic hydroxyl groups is 1. The number of benzene rings is 3. The average molecular weight is 508 g/mol. The van der Waals surface area contributed by atoms with Gasteiger partial charge in [-0.3, -0.25) is 10.2 Å². The summed E-state index contributed by atoms with van der Waals surface area (Å²) in [5, 5.41) is 19.2. The predicted molar refractivity (Wildman–Crippen MR) is 138 cm³/mol. The van der Waals surface area contributed by atoms with Crippen molar-refractivity contribution in [2.75, 3.05) is 0 Å². The number of para-hydroxylation sites is 2. The topological polar surface area (TPSA) is 71.0 Å². The Morgan fingerprint density at radius 3 is 2.12 bits per heavy atom. The number of aromatic nitrogens is 2. The van der Waals surface area contributed by atoms with Gasteiger partial charge < -0.3 is 14.2 Å². The van der Waals surface area contributed by atoms with Crippen molar-refractivity contribution in [1.29, 1.82) is 5.41 Å². The smallest absolute Gasteiger partial charge is 0.203 e. The normalized spacial score (nSPS) is 11.4. The quantitative estimate of drug-likeness (QED) is 0.338. The third-order valence-electron chi connectivity index (χ3n) is 5.91. The van der Waals surface area contributed by atoms with Gasteiger partial charge in [0.05, 0.1) is 24.1 Å². The number of ketones is 1. The number of carbonyl (C=O) groups excluding carboxylic acids is 1. The zero-order valence-electron chi connectivity index (χ0n) is 19.4. The van der Waals surface area contributed by atoms with Crippen molar-refractivity contribution in [3.63, 3.8) is 0 Å². The molecule has 0 unspecified atom stereocenters. The second-order valence-corrected chi connectivity index (χ2v) is 9.33. The zero-order valence-corrected chi connectivity index (χ0v) is 21.1. The molecule has 0 radical (unpaired) electrons. The lowest BCUT2D eigenvalue weighted by atomic mass is 9.84. The summed E-state index contributed by atoms with van der Waals surface area (Å²) < 4.78 is 3.70. The molecule has 0 amide bonds. The molecule has 1 heterocycles. The van der Waals surface area contributed by atoms with Crippen LogP contribution in [0.2, 0.25) is 0 Å². The molecule has 0 bridgehead atoms. The Kier molecular flexibility index (Phi) is 6.98. The van der Waals surface area contributed by atoms with E-state index in [0.29, 0.717) is 12.1 Å². The van der Waals surface area contributed by atoms with E-state index in [1.165, 1.54) is 0 Å². The molecule has 0 aliphatic rings. The standard InChI is InChI=1S/C27H29N3O2.BrH/c1-18-14-24(31)21(27(2,3)4)15-20(18)25(32)17-30-23-13-9-8-12-22(23)29(26(30)28)16-19-10-6-5-7-11-19;/h5-15,28,31H,16-17H2,1-4H3;1H. The molecule has 0 saturated carbocycles. The Hall–Kier alpha value is -3.12. The second-order valence-electron chi connectivity index (χ2n) is 9.33. The number of carbonyl (C=O) groups is 1. The number of fused-ring (bicyclic) bond motifs is 1. The second kappa shape index (κ2) is 9.40. The average Bonchev–Trinajstić information content (AvgIpc) is 2.99. The van der Waals surface area contributed by atoms with Crippen molar-refractivity contribution in [2.24, 2.45) is 0 Å². The number of halogens is 1. The Balaban J connectivity index is 0.00000306. The van der Waals surface area contributed by atoms with Crippen molar-refractivity contribution in [3.05, 3.63) is 94.6 Å². The molecular weight excluding hydrogens is 478 g/mol. The summed E-state index contributed by atoms with van der Waals surface area (Å²) in [4.78, 5) is 13.4. The number of phenols is 1. The van der Waals surface area contributed by atoms with Crippen molar-refractivity contribution in [1.82, 2.24) is 9.13 Å². The third kappa shape index (κ3) is 4.81. The first kappa shape index (κ1) is 24.5. The van der Waals surface area contributed by atoms with E-state index in [2.05, 4.69) is 0 Å². The molecule has 0 atom stereocenters. The third-order valence-corrected chi connectivity index (χ3v) is 5.91. The zero-order chi connectivity index (χ0) is 23.0.